The van der Waals surface area contributed by atoms with E-state index < -0.39 is 0 Å². The normalized spacial score (nSPS) is 20.1. The van der Waals surface area contributed by atoms with Gasteiger partial charge in [0.2, 0.25) is 0 Å². The van der Waals surface area contributed by atoms with Gasteiger partial charge >= 0.3 is 0 Å². The maximum absolute atomic E-state index is 13.1. The first-order valence-electron chi connectivity index (χ1n) is 12.5. The maximum atomic E-state index is 13.1. The van der Waals surface area contributed by atoms with Crippen molar-refractivity contribution in [2.45, 2.75) is 53.5 Å². The van der Waals surface area contributed by atoms with Gasteiger partial charge in [0.1, 0.15) is 5.75 Å². The molecule has 0 aromatic heterocycles. The molecule has 2 aliphatic heterocycles. The Kier molecular flexibility index (Phi) is 9.12. The van der Waals surface area contributed by atoms with Crippen LogP contribution in [0, 0.1) is 13.3 Å². The van der Waals surface area contributed by atoms with E-state index in [1.165, 1.54) is 11.1 Å². The van der Waals surface area contributed by atoms with Crippen LogP contribution in [-0.2, 0) is 4.79 Å². The summed E-state index contributed by atoms with van der Waals surface area (Å²) in [6.45, 7) is 13.2. The minimum Gasteiger partial charge on any atom is -0.496 e. The second-order valence-corrected chi connectivity index (χ2v) is 8.88. The van der Waals surface area contributed by atoms with Crippen LogP contribution in [0.2, 0.25) is 0 Å². The molecule has 34 heavy (non-hydrogen) atoms. The van der Waals surface area contributed by atoms with Gasteiger partial charge in [-0.2, -0.15) is 0 Å². The second-order valence-electron chi connectivity index (χ2n) is 8.88. The molecule has 1 amide bonds. The Morgan fingerprint density at radius 2 is 2.06 bits per heavy atom. The molecule has 1 radical (unpaired) electrons. The number of aryl methyl sites for hydroxylation is 1. The Hall–Kier alpha value is -2.85. The largest absolute Gasteiger partial charge is 0.496 e. The van der Waals surface area contributed by atoms with Crippen molar-refractivity contribution in [2.75, 3.05) is 26.7 Å². The van der Waals surface area contributed by atoms with E-state index in [1.54, 1.807) is 13.2 Å². The fourth-order valence-electron chi connectivity index (χ4n) is 4.26. The van der Waals surface area contributed by atoms with Gasteiger partial charge < -0.3 is 9.64 Å². The van der Waals surface area contributed by atoms with Crippen molar-refractivity contribution in [1.82, 2.24) is 9.80 Å². The molecule has 4 nitrogen and oxygen atoms in total. The van der Waals surface area contributed by atoms with Crippen LogP contribution in [0.1, 0.15) is 53.1 Å². The molecule has 4 heteroatoms. The summed E-state index contributed by atoms with van der Waals surface area (Å²) in [6, 6.07) is 6.06. The fourth-order valence-corrected chi connectivity index (χ4v) is 4.26. The minimum absolute atomic E-state index is 0. The van der Waals surface area contributed by atoms with Crippen molar-refractivity contribution in [3.8, 4) is 5.75 Å². The zero-order valence-electron chi connectivity index (χ0n) is 21.6. The highest BCUT2D eigenvalue weighted by Crippen LogP contribution is 2.28. The molecule has 1 aromatic rings. The highest BCUT2D eigenvalue weighted by atomic mass is 16.5. The van der Waals surface area contributed by atoms with Crippen molar-refractivity contribution in [1.29, 1.82) is 0 Å². The lowest BCUT2D eigenvalue weighted by atomic mass is 9.96. The summed E-state index contributed by atoms with van der Waals surface area (Å²) in [5, 5.41) is 0. The molecule has 1 atom stereocenters. The van der Waals surface area contributed by atoms with E-state index >= 15 is 0 Å². The Morgan fingerprint density at radius 1 is 1.29 bits per heavy atom. The van der Waals surface area contributed by atoms with Gasteiger partial charge in [-0.1, -0.05) is 49.8 Å². The Labute approximate surface area is 207 Å². The van der Waals surface area contributed by atoms with Crippen LogP contribution < -0.4 is 4.74 Å². The molecule has 3 aliphatic rings. The van der Waals surface area contributed by atoms with Gasteiger partial charge in [0.15, 0.2) is 0 Å². The summed E-state index contributed by atoms with van der Waals surface area (Å²) in [4.78, 5) is 17.5. The van der Waals surface area contributed by atoms with E-state index in [2.05, 4.69) is 48.6 Å². The smallest absolute Gasteiger partial charge is 0.251 e. The van der Waals surface area contributed by atoms with Crippen molar-refractivity contribution in [3.05, 3.63) is 89.0 Å². The van der Waals surface area contributed by atoms with E-state index in [-0.39, 0.29) is 13.4 Å². The molecule has 1 unspecified atom stereocenters. The lowest BCUT2D eigenvalue weighted by Crippen LogP contribution is -2.34. The number of rotatable bonds is 7. The molecule has 0 saturated carbocycles. The third-order valence-electron chi connectivity index (χ3n) is 6.50. The highest BCUT2D eigenvalue weighted by Gasteiger charge is 2.22. The van der Waals surface area contributed by atoms with E-state index in [4.69, 9.17) is 4.74 Å². The van der Waals surface area contributed by atoms with Crippen LogP contribution >= 0.6 is 0 Å². The Balaban J connectivity index is 0.00000140. The molecule has 4 rings (SSSR count). The standard InChI is InChI=1S/C28H33N2O2.C2H6.H2/c1-20(25-9-10-27(32-4)21(2)17-25)18-28(31)30-19-26(8-5-22(30)3)24-12-15-29(16-13-24)14-11-23-6-7-23;1-2;/h5-10,12,17-19,22H,11,13-16H2,1-4H3;1-2H3;1H/b20-18+;;. The van der Waals surface area contributed by atoms with Gasteiger partial charge in [-0.25, -0.2) is 0 Å². The minimum atomic E-state index is 0. The number of amides is 1. The second kappa shape index (κ2) is 12.0. The van der Waals surface area contributed by atoms with Crippen LogP contribution in [0.25, 0.3) is 5.57 Å². The summed E-state index contributed by atoms with van der Waals surface area (Å²) in [7, 11) is 1.67. The zero-order chi connectivity index (χ0) is 24.7. The predicted octanol–water partition coefficient (Wildman–Crippen LogP) is 6.52. The van der Waals surface area contributed by atoms with Crippen LogP contribution in [-0.4, -0.2) is 48.5 Å². The summed E-state index contributed by atoms with van der Waals surface area (Å²) < 4.78 is 5.35. The first-order valence-corrected chi connectivity index (χ1v) is 12.5. The Bertz CT molecular complexity index is 1050. The predicted molar refractivity (Wildman–Crippen MR) is 145 cm³/mol. The van der Waals surface area contributed by atoms with Gasteiger partial charge in [0.25, 0.3) is 5.91 Å². The first kappa shape index (κ1) is 25.8. The third-order valence-corrected chi connectivity index (χ3v) is 6.50. The summed E-state index contributed by atoms with van der Waals surface area (Å²) in [5.74, 6) is 0.870. The van der Waals surface area contributed by atoms with Gasteiger partial charge in [-0.15, -0.1) is 0 Å². The summed E-state index contributed by atoms with van der Waals surface area (Å²) in [6.07, 6.45) is 17.0. The topological polar surface area (TPSA) is 32.8 Å². The molecule has 1 aliphatic carbocycles. The van der Waals surface area contributed by atoms with Crippen LogP contribution in [0.3, 0.4) is 0 Å². The maximum Gasteiger partial charge on any atom is 0.251 e. The number of hydrogen-bond donors (Lipinski definition) is 0. The number of benzene rings is 1. The van der Waals surface area contributed by atoms with Crippen molar-refractivity contribution in [2.24, 2.45) is 0 Å². The number of hydrogen-bond acceptors (Lipinski definition) is 3. The first-order chi connectivity index (χ1) is 16.4. The SMILES string of the molecule is CC.COc1ccc(/C(C)=C/C(=O)N2C=C(C3=CCN(CCC4=C[CH]4)CC3)C=CC2C)cc1C.[HH]. The number of carbonyl (C=O) groups is 1. The van der Waals surface area contributed by atoms with Crippen molar-refractivity contribution in [3.63, 3.8) is 0 Å². The average Bonchev–Trinajstić information content (AvgIpc) is 3.69. The van der Waals surface area contributed by atoms with E-state index in [1.807, 2.05) is 50.9 Å². The molecule has 183 valence electrons. The lowest BCUT2D eigenvalue weighted by molar-refractivity contribution is -0.124. The fraction of sp³-hybridized carbons (Fsp3) is 0.400. The van der Waals surface area contributed by atoms with E-state index in [9.17, 15) is 4.79 Å². The highest BCUT2D eigenvalue weighted by molar-refractivity contribution is 5.96. The molecule has 0 saturated heterocycles. The van der Waals surface area contributed by atoms with E-state index in [0.717, 1.165) is 60.5 Å². The molecule has 0 bridgehead atoms. The number of allylic oxidation sites excluding steroid dienone is 4. The molecule has 0 fully saturated rings. The van der Waals surface area contributed by atoms with Crippen molar-refractivity contribution < 1.29 is 11.0 Å². The molecule has 2 heterocycles. The van der Waals surface area contributed by atoms with Gasteiger partial charge in [-0.05, 0) is 73.6 Å². The quantitative estimate of drug-likeness (QED) is 0.434. The third kappa shape index (κ3) is 6.60. The van der Waals surface area contributed by atoms with E-state index in [0.29, 0.717) is 0 Å². The summed E-state index contributed by atoms with van der Waals surface area (Å²) in [5.41, 5.74) is 7.02. The molecular weight excluding hydrogens is 420 g/mol. The molecule has 0 spiro atoms. The molecular formula is C30H41N2O2. The summed E-state index contributed by atoms with van der Waals surface area (Å²) >= 11 is 0. The van der Waals surface area contributed by atoms with Gasteiger partial charge in [-0.3, -0.25) is 9.69 Å². The lowest BCUT2D eigenvalue weighted by Gasteiger charge is -2.30. The van der Waals surface area contributed by atoms with Gasteiger partial charge in [0.05, 0.1) is 13.2 Å². The monoisotopic (exact) mass is 461 g/mol. The van der Waals surface area contributed by atoms with Crippen LogP contribution in [0.4, 0.5) is 0 Å². The zero-order valence-corrected chi connectivity index (χ0v) is 21.6. The van der Waals surface area contributed by atoms with Crippen LogP contribution in [0.15, 0.2) is 71.5 Å². The van der Waals surface area contributed by atoms with Gasteiger partial charge in [0, 0.05) is 39.8 Å². The Morgan fingerprint density at radius 3 is 2.68 bits per heavy atom. The molecule has 1 aromatic carbocycles. The number of ether oxygens (including phenoxy) is 1. The molecule has 0 N–H and O–H groups in total. The number of carbonyl (C=O) groups excluding carboxylic acids is 1. The van der Waals surface area contributed by atoms with Crippen molar-refractivity contribution >= 4 is 11.5 Å². The number of methoxy groups -OCH3 is 1. The number of nitrogens with zero attached hydrogens (tertiary/aromatic N) is 2. The average molecular weight is 462 g/mol. The van der Waals surface area contributed by atoms with Crippen LogP contribution in [0.5, 0.6) is 5.75 Å².